The smallest absolute Gasteiger partial charge is 0.332 e. The van der Waals surface area contributed by atoms with Crippen LogP contribution in [0.4, 0.5) is 0 Å². The number of likely N-dealkylation sites (tertiary alicyclic amines) is 1. The molecule has 0 saturated carbocycles. The molecule has 0 unspecified atom stereocenters. The summed E-state index contributed by atoms with van der Waals surface area (Å²) in [6.07, 6.45) is 3.92. The minimum absolute atomic E-state index is 0.201. The molecule has 0 aliphatic carbocycles. The highest BCUT2D eigenvalue weighted by atomic mass is 16.5. The van der Waals surface area contributed by atoms with Gasteiger partial charge in [0.1, 0.15) is 0 Å². The van der Waals surface area contributed by atoms with Crippen molar-refractivity contribution in [2.75, 3.05) is 26.3 Å². The number of nitrogens with zero attached hydrogens (tertiary/aromatic N) is 1. The molecular formula is C14H25NO3. The number of hydrogen-bond donors (Lipinski definition) is 0. The number of hydrogen-bond acceptors (Lipinski definition) is 4. The van der Waals surface area contributed by atoms with Gasteiger partial charge in [-0.05, 0) is 40.5 Å². The van der Waals surface area contributed by atoms with Crippen LogP contribution in [0.3, 0.4) is 0 Å². The van der Waals surface area contributed by atoms with Crippen molar-refractivity contribution in [1.29, 1.82) is 0 Å². The lowest BCUT2D eigenvalue weighted by atomic mass is 10.2. The highest BCUT2D eigenvalue weighted by Gasteiger charge is 2.19. The van der Waals surface area contributed by atoms with Crippen molar-refractivity contribution < 1.29 is 14.3 Å². The van der Waals surface area contributed by atoms with Gasteiger partial charge in [0.05, 0.1) is 18.8 Å². The van der Waals surface area contributed by atoms with Crippen LogP contribution in [0, 0.1) is 0 Å². The summed E-state index contributed by atoms with van der Waals surface area (Å²) in [5.74, 6) is -0.281. The number of rotatable bonds is 5. The summed E-state index contributed by atoms with van der Waals surface area (Å²) in [5.41, 5.74) is 0.730. The minimum Gasteiger partial charge on any atom is -0.463 e. The van der Waals surface area contributed by atoms with E-state index >= 15 is 0 Å². The van der Waals surface area contributed by atoms with E-state index in [9.17, 15) is 4.79 Å². The number of carbonyl (C=O) groups excluding carboxylic acids is 1. The van der Waals surface area contributed by atoms with Gasteiger partial charge in [-0.3, -0.25) is 0 Å². The second kappa shape index (κ2) is 6.78. The predicted molar refractivity (Wildman–Crippen MR) is 71.2 cm³/mol. The number of carbonyl (C=O) groups is 1. The number of ether oxygens (including phenoxy) is 2. The average molecular weight is 255 g/mol. The van der Waals surface area contributed by atoms with Crippen LogP contribution in [0.1, 0.15) is 40.5 Å². The van der Waals surface area contributed by atoms with Crippen LogP contribution in [0.5, 0.6) is 0 Å². The molecule has 1 fully saturated rings. The summed E-state index contributed by atoms with van der Waals surface area (Å²) in [7, 11) is 0. The van der Waals surface area contributed by atoms with E-state index in [1.807, 2.05) is 27.7 Å². The molecule has 0 aromatic heterocycles. The molecular weight excluding hydrogens is 230 g/mol. The first-order valence-corrected chi connectivity index (χ1v) is 6.68. The SMILES string of the molecule is CCOC(=O)/C=C(\COC(C)(C)C)N1CCCC1. The van der Waals surface area contributed by atoms with E-state index in [1.54, 1.807) is 6.08 Å². The van der Waals surface area contributed by atoms with E-state index in [0.717, 1.165) is 18.8 Å². The lowest BCUT2D eigenvalue weighted by Gasteiger charge is -2.26. The number of esters is 1. The van der Waals surface area contributed by atoms with Crippen molar-refractivity contribution in [1.82, 2.24) is 4.90 Å². The molecule has 18 heavy (non-hydrogen) atoms. The molecule has 1 aliphatic heterocycles. The van der Waals surface area contributed by atoms with Gasteiger partial charge >= 0.3 is 5.97 Å². The Morgan fingerprint density at radius 1 is 1.28 bits per heavy atom. The van der Waals surface area contributed by atoms with E-state index in [0.29, 0.717) is 13.2 Å². The third-order valence-electron chi connectivity index (χ3n) is 2.74. The van der Waals surface area contributed by atoms with E-state index in [1.165, 1.54) is 12.8 Å². The molecule has 1 aliphatic rings. The van der Waals surface area contributed by atoms with E-state index in [-0.39, 0.29) is 11.6 Å². The quantitative estimate of drug-likeness (QED) is 0.558. The molecule has 0 radical (unpaired) electrons. The maximum atomic E-state index is 11.6. The minimum atomic E-state index is -0.281. The molecule has 1 rings (SSSR count). The van der Waals surface area contributed by atoms with Gasteiger partial charge < -0.3 is 14.4 Å². The zero-order chi connectivity index (χ0) is 13.6. The van der Waals surface area contributed by atoms with Gasteiger partial charge in [0.15, 0.2) is 0 Å². The Hall–Kier alpha value is -1.03. The molecule has 0 atom stereocenters. The topological polar surface area (TPSA) is 38.8 Å². The highest BCUT2D eigenvalue weighted by Crippen LogP contribution is 2.17. The van der Waals surface area contributed by atoms with Gasteiger partial charge in [0.2, 0.25) is 0 Å². The Bertz CT molecular complexity index is 299. The lowest BCUT2D eigenvalue weighted by Crippen LogP contribution is -2.28. The van der Waals surface area contributed by atoms with Crippen LogP contribution in [0.15, 0.2) is 11.8 Å². The Kier molecular flexibility index (Phi) is 5.66. The molecule has 0 N–H and O–H groups in total. The van der Waals surface area contributed by atoms with Crippen molar-refractivity contribution in [3.63, 3.8) is 0 Å². The van der Waals surface area contributed by atoms with Gasteiger partial charge in [0, 0.05) is 24.9 Å². The standard InChI is InChI=1S/C14H25NO3/c1-5-17-13(16)10-12(11-18-14(2,3)4)15-8-6-7-9-15/h10H,5-9,11H2,1-4H3/b12-10+. The molecule has 0 spiro atoms. The monoisotopic (exact) mass is 255 g/mol. The van der Waals surface area contributed by atoms with Crippen molar-refractivity contribution in [3.8, 4) is 0 Å². The first-order chi connectivity index (χ1) is 8.42. The first-order valence-electron chi connectivity index (χ1n) is 6.68. The second-order valence-corrected chi connectivity index (χ2v) is 5.48. The van der Waals surface area contributed by atoms with Crippen LogP contribution in [0.25, 0.3) is 0 Å². The summed E-state index contributed by atoms with van der Waals surface area (Å²) < 4.78 is 10.7. The average Bonchev–Trinajstić information content (AvgIpc) is 2.76. The van der Waals surface area contributed by atoms with E-state index in [4.69, 9.17) is 9.47 Å². The molecule has 104 valence electrons. The predicted octanol–water partition coefficient (Wildman–Crippen LogP) is 2.34. The fraction of sp³-hybridized carbons (Fsp3) is 0.786. The summed E-state index contributed by atoms with van der Waals surface area (Å²) >= 11 is 0. The molecule has 1 saturated heterocycles. The van der Waals surface area contributed by atoms with Gasteiger partial charge in [-0.25, -0.2) is 4.79 Å². The molecule has 0 bridgehead atoms. The van der Waals surface area contributed by atoms with Gasteiger partial charge in [0.25, 0.3) is 0 Å². The maximum Gasteiger partial charge on any atom is 0.332 e. The van der Waals surface area contributed by atoms with Crippen molar-refractivity contribution in [3.05, 3.63) is 11.8 Å². The Morgan fingerprint density at radius 2 is 1.89 bits per heavy atom. The molecule has 0 aromatic rings. The van der Waals surface area contributed by atoms with E-state index in [2.05, 4.69) is 4.90 Å². The fourth-order valence-corrected chi connectivity index (χ4v) is 1.84. The van der Waals surface area contributed by atoms with Crippen molar-refractivity contribution >= 4 is 5.97 Å². The Balaban J connectivity index is 2.65. The lowest BCUT2D eigenvalue weighted by molar-refractivity contribution is -0.137. The van der Waals surface area contributed by atoms with Crippen LogP contribution >= 0.6 is 0 Å². The largest absolute Gasteiger partial charge is 0.463 e. The van der Waals surface area contributed by atoms with E-state index < -0.39 is 0 Å². The van der Waals surface area contributed by atoms with Crippen LogP contribution in [0.2, 0.25) is 0 Å². The maximum absolute atomic E-state index is 11.6. The van der Waals surface area contributed by atoms with Crippen molar-refractivity contribution in [2.24, 2.45) is 0 Å². The summed E-state index contributed by atoms with van der Waals surface area (Å²) in [6.45, 7) is 10.7. The van der Waals surface area contributed by atoms with Crippen LogP contribution < -0.4 is 0 Å². The zero-order valence-corrected chi connectivity index (χ0v) is 12.0. The molecule has 0 amide bonds. The molecule has 0 aromatic carbocycles. The summed E-state index contributed by atoms with van der Waals surface area (Å²) in [4.78, 5) is 13.8. The molecule has 4 nitrogen and oxygen atoms in total. The molecule has 4 heteroatoms. The highest BCUT2D eigenvalue weighted by molar-refractivity contribution is 5.82. The van der Waals surface area contributed by atoms with Crippen molar-refractivity contribution in [2.45, 2.75) is 46.1 Å². The van der Waals surface area contributed by atoms with Crippen LogP contribution in [-0.4, -0.2) is 42.8 Å². The van der Waals surface area contributed by atoms with Gasteiger partial charge in [-0.1, -0.05) is 0 Å². The second-order valence-electron chi connectivity index (χ2n) is 5.48. The Morgan fingerprint density at radius 3 is 2.39 bits per heavy atom. The fourth-order valence-electron chi connectivity index (χ4n) is 1.84. The summed E-state index contributed by atoms with van der Waals surface area (Å²) in [5, 5.41) is 0. The Labute approximate surface area is 110 Å². The third-order valence-corrected chi connectivity index (χ3v) is 2.74. The van der Waals surface area contributed by atoms with Gasteiger partial charge in [-0.15, -0.1) is 0 Å². The first kappa shape index (κ1) is 15.0. The molecule has 1 heterocycles. The normalized spacial score (nSPS) is 17.1. The summed E-state index contributed by atoms with van der Waals surface area (Å²) in [6, 6.07) is 0. The van der Waals surface area contributed by atoms with Gasteiger partial charge in [-0.2, -0.15) is 0 Å². The third kappa shape index (κ3) is 5.54. The van der Waals surface area contributed by atoms with Crippen LogP contribution in [-0.2, 0) is 14.3 Å². The zero-order valence-electron chi connectivity index (χ0n) is 12.0.